The second kappa shape index (κ2) is 7.48. The number of aliphatic hydroxyl groups is 1. The number of aliphatic hydroxyl groups excluding tert-OH is 1. The zero-order valence-corrected chi connectivity index (χ0v) is 14.0. The summed E-state index contributed by atoms with van der Waals surface area (Å²) in [6.07, 6.45) is 4.18. The van der Waals surface area contributed by atoms with Crippen LogP contribution in [0.2, 0.25) is 0 Å². The number of carbonyl (C=O) groups is 1. The molecule has 3 rings (SSSR count). The van der Waals surface area contributed by atoms with Crippen LogP contribution in [0, 0.1) is 5.92 Å². The van der Waals surface area contributed by atoms with E-state index in [1.165, 1.54) is 10.6 Å². The lowest BCUT2D eigenvalue weighted by molar-refractivity contribution is -0.123. The van der Waals surface area contributed by atoms with Crippen molar-refractivity contribution < 1.29 is 14.6 Å². The molecular formula is C18H21N3O4. The summed E-state index contributed by atoms with van der Waals surface area (Å²) in [6.45, 7) is -0.0466. The van der Waals surface area contributed by atoms with Gasteiger partial charge in [0.1, 0.15) is 6.54 Å². The van der Waals surface area contributed by atoms with Gasteiger partial charge >= 0.3 is 0 Å². The lowest BCUT2D eigenvalue weighted by Gasteiger charge is -2.38. The summed E-state index contributed by atoms with van der Waals surface area (Å²) in [5.41, 5.74) is 0.630. The van der Waals surface area contributed by atoms with Crippen LogP contribution in [-0.4, -0.2) is 33.8 Å². The van der Waals surface area contributed by atoms with Gasteiger partial charge in [0, 0.05) is 24.5 Å². The molecule has 0 aliphatic heterocycles. The molecule has 1 aliphatic carbocycles. The van der Waals surface area contributed by atoms with E-state index in [9.17, 15) is 14.7 Å². The quantitative estimate of drug-likeness (QED) is 0.812. The van der Waals surface area contributed by atoms with Gasteiger partial charge in [-0.15, -0.1) is 0 Å². The van der Waals surface area contributed by atoms with Gasteiger partial charge in [0.2, 0.25) is 11.8 Å². The Hall–Kier alpha value is -2.67. The molecule has 1 atom stereocenters. The highest BCUT2D eigenvalue weighted by atomic mass is 16.5. The molecule has 1 aliphatic rings. The Labute approximate surface area is 145 Å². The average Bonchev–Trinajstić information content (AvgIpc) is 2.59. The van der Waals surface area contributed by atoms with E-state index < -0.39 is 0 Å². The molecule has 2 N–H and O–H groups in total. The van der Waals surface area contributed by atoms with Crippen molar-refractivity contribution in [1.29, 1.82) is 0 Å². The molecule has 0 saturated heterocycles. The molecule has 2 aromatic heterocycles. The van der Waals surface area contributed by atoms with E-state index in [4.69, 9.17) is 4.74 Å². The fourth-order valence-corrected chi connectivity index (χ4v) is 3.04. The van der Waals surface area contributed by atoms with Crippen LogP contribution in [0.4, 0.5) is 0 Å². The smallest absolute Gasteiger partial charge is 0.250 e. The Bertz CT molecular complexity index is 781. The molecule has 0 radical (unpaired) electrons. The fraction of sp³-hybridized carbons (Fsp3) is 0.389. The van der Waals surface area contributed by atoms with Crippen molar-refractivity contribution >= 4 is 5.91 Å². The molecule has 1 amide bonds. The van der Waals surface area contributed by atoms with Gasteiger partial charge in [-0.25, -0.2) is 4.98 Å². The number of aromatic nitrogens is 2. The molecule has 1 fully saturated rings. The highest BCUT2D eigenvalue weighted by molar-refractivity contribution is 5.76. The van der Waals surface area contributed by atoms with Crippen LogP contribution in [0.3, 0.4) is 0 Å². The molecule has 25 heavy (non-hydrogen) atoms. The molecular weight excluding hydrogens is 322 g/mol. The van der Waals surface area contributed by atoms with Crippen molar-refractivity contribution in [2.45, 2.75) is 31.5 Å². The Kier molecular flexibility index (Phi) is 5.14. The number of ether oxygens (including phenoxy) is 1. The van der Waals surface area contributed by atoms with Crippen molar-refractivity contribution in [2.75, 3.05) is 7.11 Å². The lowest BCUT2D eigenvalue weighted by Crippen LogP contribution is -2.43. The molecule has 0 unspecified atom stereocenters. The van der Waals surface area contributed by atoms with E-state index in [1.54, 1.807) is 37.7 Å². The van der Waals surface area contributed by atoms with Crippen molar-refractivity contribution in [3.05, 3.63) is 58.6 Å². The molecule has 132 valence electrons. The minimum absolute atomic E-state index is 0.0466. The summed E-state index contributed by atoms with van der Waals surface area (Å²) < 4.78 is 6.42. The first-order valence-corrected chi connectivity index (χ1v) is 8.19. The average molecular weight is 343 g/mol. The maximum Gasteiger partial charge on any atom is 0.250 e. The van der Waals surface area contributed by atoms with Crippen molar-refractivity contribution in [2.24, 2.45) is 5.92 Å². The maximum atomic E-state index is 12.4. The number of nitrogens with one attached hydrogen (secondary N) is 1. The normalized spacial score (nSPS) is 20.4. The molecule has 1 saturated carbocycles. The van der Waals surface area contributed by atoms with Crippen LogP contribution < -0.4 is 15.6 Å². The number of carbonyl (C=O) groups excluding carboxylic acids is 1. The molecule has 0 bridgehead atoms. The van der Waals surface area contributed by atoms with Gasteiger partial charge in [0.15, 0.2) is 0 Å². The van der Waals surface area contributed by atoms with Crippen LogP contribution >= 0.6 is 0 Å². The third-order valence-electron chi connectivity index (χ3n) is 4.48. The number of methoxy groups -OCH3 is 1. The first-order valence-electron chi connectivity index (χ1n) is 8.19. The standard InChI is InChI=1S/C18H21N3O4/c1-25-16-6-5-12(10-19-16)18(13-8-14(22)9-13)20-15(23)11-21-7-3-2-4-17(21)24/h2-7,10,13-14,18,22H,8-9,11H2,1H3,(H,20,23)/t13?,14?,18-/m0/s1. The largest absolute Gasteiger partial charge is 0.481 e. The van der Waals surface area contributed by atoms with Gasteiger partial charge < -0.3 is 19.7 Å². The summed E-state index contributed by atoms with van der Waals surface area (Å²) >= 11 is 0. The van der Waals surface area contributed by atoms with E-state index in [0.717, 1.165) is 5.56 Å². The predicted octanol–water partition coefficient (Wildman–Crippen LogP) is 0.880. The van der Waals surface area contributed by atoms with Crippen LogP contribution in [0.15, 0.2) is 47.5 Å². The van der Waals surface area contributed by atoms with Gasteiger partial charge in [-0.1, -0.05) is 12.1 Å². The molecule has 2 aromatic rings. The summed E-state index contributed by atoms with van der Waals surface area (Å²) in [7, 11) is 1.54. The van der Waals surface area contributed by atoms with Gasteiger partial charge in [0.05, 0.1) is 19.3 Å². The number of nitrogens with zero attached hydrogens (tertiary/aromatic N) is 2. The van der Waals surface area contributed by atoms with Crippen LogP contribution in [0.25, 0.3) is 0 Å². The monoisotopic (exact) mass is 343 g/mol. The number of hydrogen-bond acceptors (Lipinski definition) is 5. The molecule has 7 nitrogen and oxygen atoms in total. The first kappa shape index (κ1) is 17.2. The maximum absolute atomic E-state index is 12.4. The van der Waals surface area contributed by atoms with E-state index in [2.05, 4.69) is 10.3 Å². The Balaban J connectivity index is 1.74. The molecule has 7 heteroatoms. The zero-order valence-electron chi connectivity index (χ0n) is 14.0. The number of pyridine rings is 2. The van der Waals surface area contributed by atoms with Crippen molar-refractivity contribution in [3.8, 4) is 5.88 Å². The van der Waals surface area contributed by atoms with Crippen LogP contribution in [-0.2, 0) is 11.3 Å². The van der Waals surface area contributed by atoms with E-state index >= 15 is 0 Å². The summed E-state index contributed by atoms with van der Waals surface area (Å²) in [4.78, 5) is 28.4. The van der Waals surface area contributed by atoms with Gasteiger partial charge in [-0.2, -0.15) is 0 Å². The number of rotatable bonds is 6. The SMILES string of the molecule is COc1ccc([C@H](NC(=O)Cn2ccccc2=O)C2CC(O)C2)cn1. The fourth-order valence-electron chi connectivity index (χ4n) is 3.04. The minimum atomic E-state index is -0.327. The summed E-state index contributed by atoms with van der Waals surface area (Å²) in [6, 6.07) is 8.11. The Morgan fingerprint density at radius 3 is 2.80 bits per heavy atom. The topological polar surface area (TPSA) is 93.5 Å². The number of hydrogen-bond donors (Lipinski definition) is 2. The van der Waals surface area contributed by atoms with Crippen LogP contribution in [0.1, 0.15) is 24.4 Å². The minimum Gasteiger partial charge on any atom is -0.481 e. The zero-order chi connectivity index (χ0) is 17.8. The van der Waals surface area contributed by atoms with E-state index in [0.29, 0.717) is 18.7 Å². The van der Waals surface area contributed by atoms with Crippen molar-refractivity contribution in [3.63, 3.8) is 0 Å². The van der Waals surface area contributed by atoms with Crippen molar-refractivity contribution in [1.82, 2.24) is 14.9 Å². The highest BCUT2D eigenvalue weighted by Gasteiger charge is 2.35. The van der Waals surface area contributed by atoms with Gasteiger partial charge in [-0.05, 0) is 30.4 Å². The first-order chi connectivity index (χ1) is 12.1. The highest BCUT2D eigenvalue weighted by Crippen LogP contribution is 2.38. The summed E-state index contributed by atoms with van der Waals surface area (Å²) in [5, 5.41) is 12.6. The third kappa shape index (κ3) is 4.06. The van der Waals surface area contributed by atoms with E-state index in [1.807, 2.05) is 6.07 Å². The molecule has 2 heterocycles. The Morgan fingerprint density at radius 1 is 1.40 bits per heavy atom. The molecule has 0 spiro atoms. The third-order valence-corrected chi connectivity index (χ3v) is 4.48. The second-order valence-electron chi connectivity index (χ2n) is 6.23. The number of amides is 1. The van der Waals surface area contributed by atoms with E-state index in [-0.39, 0.29) is 36.1 Å². The predicted molar refractivity (Wildman–Crippen MR) is 91.1 cm³/mol. The van der Waals surface area contributed by atoms with Gasteiger partial charge in [0.25, 0.3) is 5.56 Å². The van der Waals surface area contributed by atoms with Gasteiger partial charge in [-0.3, -0.25) is 9.59 Å². The van der Waals surface area contributed by atoms with Crippen LogP contribution in [0.5, 0.6) is 5.88 Å². The Morgan fingerprint density at radius 2 is 2.20 bits per heavy atom. The molecule has 0 aromatic carbocycles. The second-order valence-corrected chi connectivity index (χ2v) is 6.23. The summed E-state index contributed by atoms with van der Waals surface area (Å²) in [5.74, 6) is 0.385. The lowest BCUT2D eigenvalue weighted by atomic mass is 9.75.